The zero-order valence-corrected chi connectivity index (χ0v) is 75.3. The summed E-state index contributed by atoms with van der Waals surface area (Å²) in [4.78, 5) is 2.56. The van der Waals surface area contributed by atoms with Crippen LogP contribution in [0.1, 0.15) is 378 Å². The molecule has 7 heterocycles. The van der Waals surface area contributed by atoms with E-state index in [1.54, 1.807) is 0 Å². The Balaban J connectivity index is -0.000000128. The van der Waals surface area contributed by atoms with Gasteiger partial charge in [0.1, 0.15) is 13.6 Å². The van der Waals surface area contributed by atoms with Gasteiger partial charge in [-0.15, -0.1) is 0 Å². The molecule has 9 fully saturated rings. The molecule has 0 aromatic rings. The Morgan fingerprint density at radius 2 is 0.677 bits per heavy atom. The molecule has 3 atom stereocenters. The molecule has 2 N–H and O–H groups in total. The van der Waals surface area contributed by atoms with Crippen molar-refractivity contribution < 1.29 is 37.9 Å². The van der Waals surface area contributed by atoms with Crippen LogP contribution in [0.3, 0.4) is 0 Å². The van der Waals surface area contributed by atoms with E-state index in [2.05, 4.69) is 140 Å². The zero-order valence-electron chi connectivity index (χ0n) is 75.3. The summed E-state index contributed by atoms with van der Waals surface area (Å²) in [6, 6.07) is 1.57. The molecule has 0 aromatic carbocycles. The van der Waals surface area contributed by atoms with Crippen molar-refractivity contribution >= 4 is 0 Å². The number of rotatable bonds is 9. The maximum atomic E-state index is 5.41. The van der Waals surface area contributed by atoms with Crippen molar-refractivity contribution in [1.29, 1.82) is 0 Å². The quantitative estimate of drug-likeness (QED) is 0.231. The number of nitrogens with one attached hydrogen (secondary N) is 2. The van der Waals surface area contributed by atoms with Crippen molar-refractivity contribution in [1.82, 2.24) is 15.5 Å². The fraction of sp³-hybridized carbons (Fsp3) is 1.00. The molecule has 0 amide bonds. The third-order valence-corrected chi connectivity index (χ3v) is 18.2. The Labute approximate surface area is 628 Å². The molecule has 2 saturated carbocycles. The van der Waals surface area contributed by atoms with E-state index in [4.69, 9.17) is 37.9 Å². The second-order valence-electron chi connectivity index (χ2n) is 28.2. The number of piperidine rings is 3. The smallest absolute Gasteiger partial charge is 0.159 e. The van der Waals surface area contributed by atoms with Crippen molar-refractivity contribution in [2.24, 2.45) is 71.0 Å². The molecule has 612 valence electrons. The van der Waals surface area contributed by atoms with Gasteiger partial charge in [0.25, 0.3) is 0 Å². The highest BCUT2D eigenvalue weighted by Crippen LogP contribution is 2.30. The van der Waals surface area contributed by atoms with Crippen LogP contribution in [0.15, 0.2) is 0 Å². The van der Waals surface area contributed by atoms with Crippen LogP contribution in [-0.4, -0.2) is 135 Å². The standard InChI is InChI=1S/2C9H18.3C8H17N.4C7H14O2.9C2H6/c2*1-8(2)9-6-4-3-5-7-9;1-7(2)8-3-5-9-6-4-8;1-8(2)9-6-4-3-5-7-9;1-7(2)8-5-3-4-6-9-8;1-6(2)7-3-8-5-9-4-7;1-6(2)7-5-8-3-4-9-7;1-6(2)7-3-4-8-5-9-7;1-6(2)7-8-4-3-5-9-7;9*1-2/h2*8-9H,3-7H2,1-2H3;7-9H,3-6H2,1-2H3;8H,3-7H2,1-2H3;7-9H,3-6H2,1-2H3;4*6-7H,3-5H2,1-2H3;9*1-2H3. The average Bonchev–Trinajstić information content (AvgIpc) is 3.85. The predicted octanol–water partition coefficient (Wildman–Crippen LogP) is 26.1. The number of hydrogen-bond donors (Lipinski definition) is 2. The van der Waals surface area contributed by atoms with Crippen LogP contribution in [-0.2, 0) is 37.9 Å². The molecule has 7 saturated heterocycles. The first-order chi connectivity index (χ1) is 47.7. The summed E-state index contributed by atoms with van der Waals surface area (Å²) in [7, 11) is 0. The summed E-state index contributed by atoms with van der Waals surface area (Å²) < 4.78 is 41.9. The fourth-order valence-corrected chi connectivity index (χ4v) is 11.7. The normalized spacial score (nSPS) is 21.0. The average molecular weight is 1430 g/mol. The largest absolute Gasteiger partial charge is 0.376 e. The lowest BCUT2D eigenvalue weighted by atomic mass is 9.82. The van der Waals surface area contributed by atoms with Gasteiger partial charge in [0.05, 0.1) is 65.1 Å². The Kier molecular flexibility index (Phi) is 111. The molecule has 7 aliphatic heterocycles. The summed E-state index contributed by atoms with van der Waals surface area (Å²) in [5.74, 6) is 9.70. The number of nitrogens with zero attached hydrogens (tertiary/aromatic N) is 1. The van der Waals surface area contributed by atoms with E-state index in [9.17, 15) is 0 Å². The van der Waals surface area contributed by atoms with Crippen LogP contribution in [0.25, 0.3) is 0 Å². The van der Waals surface area contributed by atoms with Gasteiger partial charge in [-0.1, -0.05) is 312 Å². The molecular weight excluding hydrogens is 1230 g/mol. The Bertz CT molecular complexity index is 986. The molecule has 0 spiro atoms. The Morgan fingerprint density at radius 3 is 0.919 bits per heavy atom. The van der Waals surface area contributed by atoms with Crippen molar-refractivity contribution in [3.8, 4) is 0 Å². The van der Waals surface area contributed by atoms with Crippen molar-refractivity contribution in [2.45, 2.75) is 408 Å². The number of likely N-dealkylation sites (tertiary alicyclic amines) is 1. The highest BCUT2D eigenvalue weighted by atomic mass is 16.7. The SMILES string of the molecule is CC.CC.CC.CC.CC.CC.CC.CC.CC.CC(C)C1CCCCC1.CC(C)C1CCCCC1.CC(C)C1CCCCN1.CC(C)C1CCNCC1.CC(C)C1CCOCO1.CC(C)C1COCCO1.CC(C)C1COCOC1.CC(C)C1OCCCO1.CC(C)N1CCCCC1. The minimum atomic E-state index is 0.0544. The summed E-state index contributed by atoms with van der Waals surface area (Å²) >= 11 is 0. The third kappa shape index (κ3) is 77.0. The molecule has 9 rings (SSSR count). The van der Waals surface area contributed by atoms with E-state index in [1.165, 1.54) is 148 Å². The summed E-state index contributed by atoms with van der Waals surface area (Å²) in [6.07, 6.45) is 29.1. The van der Waals surface area contributed by atoms with Crippen molar-refractivity contribution in [2.75, 3.05) is 99.2 Å². The van der Waals surface area contributed by atoms with Crippen LogP contribution in [0.4, 0.5) is 0 Å². The molecule has 11 nitrogen and oxygen atoms in total. The first kappa shape index (κ1) is 117. The van der Waals surface area contributed by atoms with Crippen LogP contribution < -0.4 is 10.6 Å². The topological polar surface area (TPSA) is 101 Å². The maximum absolute atomic E-state index is 5.41. The van der Waals surface area contributed by atoms with Gasteiger partial charge in [0.15, 0.2) is 6.29 Å². The van der Waals surface area contributed by atoms with Gasteiger partial charge in [0.2, 0.25) is 0 Å². The minimum absolute atomic E-state index is 0.0544. The predicted molar refractivity (Wildman–Crippen MR) is 447 cm³/mol. The molecule has 9 aliphatic rings. The highest BCUT2D eigenvalue weighted by Gasteiger charge is 2.22. The van der Waals surface area contributed by atoms with Crippen LogP contribution in [0.5, 0.6) is 0 Å². The lowest BCUT2D eigenvalue weighted by molar-refractivity contribution is -0.198. The molecule has 0 bridgehead atoms. The van der Waals surface area contributed by atoms with Gasteiger partial charge in [-0.05, 0) is 157 Å². The van der Waals surface area contributed by atoms with Gasteiger partial charge < -0.3 is 53.4 Å². The summed E-state index contributed by atoms with van der Waals surface area (Å²) in [5, 5.41) is 6.89. The monoisotopic (exact) mass is 1420 g/mol. The highest BCUT2D eigenvalue weighted by molar-refractivity contribution is 4.75. The van der Waals surface area contributed by atoms with Crippen LogP contribution in [0.2, 0.25) is 0 Å². The van der Waals surface area contributed by atoms with Crippen LogP contribution in [0, 0.1) is 71.0 Å². The molecule has 2 aliphatic carbocycles. The second-order valence-corrected chi connectivity index (χ2v) is 28.2. The second kappa shape index (κ2) is 93.6. The van der Waals surface area contributed by atoms with Crippen molar-refractivity contribution in [3.05, 3.63) is 0 Å². The lowest BCUT2D eigenvalue weighted by Gasteiger charge is -2.29. The van der Waals surface area contributed by atoms with Crippen molar-refractivity contribution in [3.63, 3.8) is 0 Å². The Morgan fingerprint density at radius 1 is 0.273 bits per heavy atom. The summed E-state index contributed by atoms with van der Waals surface area (Å²) in [6.45, 7) is 90.5. The van der Waals surface area contributed by atoms with Crippen LogP contribution >= 0.6 is 0 Å². The van der Waals surface area contributed by atoms with E-state index in [0.29, 0.717) is 55.4 Å². The van der Waals surface area contributed by atoms with E-state index in [-0.39, 0.29) is 6.29 Å². The number of ether oxygens (including phenoxy) is 8. The molecule has 3 unspecified atom stereocenters. The molecule has 99 heavy (non-hydrogen) atoms. The fourth-order valence-electron chi connectivity index (χ4n) is 11.7. The van der Waals surface area contributed by atoms with Gasteiger partial charge in [-0.25, -0.2) is 0 Å². The maximum Gasteiger partial charge on any atom is 0.159 e. The Hall–Kier alpha value is -0.440. The van der Waals surface area contributed by atoms with Gasteiger partial charge in [-0.2, -0.15) is 0 Å². The first-order valence-corrected chi connectivity index (χ1v) is 43.7. The van der Waals surface area contributed by atoms with E-state index in [0.717, 1.165) is 119 Å². The number of hydrogen-bond acceptors (Lipinski definition) is 11. The first-order valence-electron chi connectivity index (χ1n) is 43.7. The summed E-state index contributed by atoms with van der Waals surface area (Å²) in [5.41, 5.74) is 0. The van der Waals surface area contributed by atoms with Gasteiger partial charge >= 0.3 is 0 Å². The van der Waals surface area contributed by atoms with E-state index < -0.39 is 0 Å². The minimum Gasteiger partial charge on any atom is -0.376 e. The lowest BCUT2D eigenvalue weighted by Crippen LogP contribution is -2.37. The molecule has 0 aromatic heterocycles. The third-order valence-electron chi connectivity index (χ3n) is 18.2. The van der Waals surface area contributed by atoms with E-state index in [1.807, 2.05) is 125 Å². The van der Waals surface area contributed by atoms with Gasteiger partial charge in [0, 0.05) is 23.9 Å². The van der Waals surface area contributed by atoms with E-state index >= 15 is 0 Å². The molecular formula is C88H197N3O8. The molecule has 11 heteroatoms. The zero-order chi connectivity index (χ0) is 78.2. The molecule has 0 radical (unpaired) electrons. The van der Waals surface area contributed by atoms with Gasteiger partial charge in [-0.3, -0.25) is 0 Å².